The highest BCUT2D eigenvalue weighted by Gasteiger charge is 2.41. The molecule has 4 rings (SSSR count). The molecule has 7 unspecified atom stereocenters. The van der Waals surface area contributed by atoms with Crippen molar-refractivity contribution < 1.29 is 14.1 Å². The molecule has 0 radical (unpaired) electrons. The minimum absolute atomic E-state index is 0.0119. The number of amides is 1. The number of fused-ring (bicyclic) bond motifs is 2. The molecule has 2 aliphatic carbocycles. The van der Waals surface area contributed by atoms with Crippen LogP contribution in [0.2, 0.25) is 0 Å². The Balaban J connectivity index is 1.37. The lowest BCUT2D eigenvalue weighted by molar-refractivity contribution is -0.124. The molecule has 2 aliphatic heterocycles. The predicted molar refractivity (Wildman–Crippen MR) is 107 cm³/mol. The first-order valence-corrected chi connectivity index (χ1v) is 10.9. The minimum Gasteiger partial charge on any atom is -0.339 e. The minimum atomic E-state index is -0.740. The molecule has 29 heavy (non-hydrogen) atoms. The van der Waals surface area contributed by atoms with Crippen molar-refractivity contribution in [2.24, 2.45) is 22.7 Å². The Hall–Kier alpha value is -1.33. The van der Waals surface area contributed by atoms with Gasteiger partial charge in [-0.15, -0.1) is 0 Å². The molecule has 0 aromatic carbocycles. The second kappa shape index (κ2) is 9.22. The number of nitrogens with zero attached hydrogens (tertiary/aromatic N) is 1. The van der Waals surface area contributed by atoms with Crippen LogP contribution in [0.1, 0.15) is 52.4 Å². The van der Waals surface area contributed by atoms with E-state index in [1.807, 2.05) is 0 Å². The number of hydrazine groups is 1. The van der Waals surface area contributed by atoms with Gasteiger partial charge in [-0.2, -0.15) is 11.0 Å². The van der Waals surface area contributed by atoms with Crippen molar-refractivity contribution in [2.75, 3.05) is 6.54 Å². The van der Waals surface area contributed by atoms with Gasteiger partial charge < -0.3 is 5.32 Å². The van der Waals surface area contributed by atoms with Crippen LogP contribution in [0.4, 0.5) is 4.39 Å². The molecule has 1 amide bonds. The largest absolute Gasteiger partial charge is 0.339 e. The topological polar surface area (TPSA) is 111 Å². The summed E-state index contributed by atoms with van der Waals surface area (Å²) in [5.74, 6) is 1.06. The highest BCUT2D eigenvalue weighted by molar-refractivity contribution is 5.98. The van der Waals surface area contributed by atoms with E-state index in [9.17, 15) is 9.18 Å². The maximum Gasteiger partial charge on any atom is 0.229 e. The van der Waals surface area contributed by atoms with E-state index >= 15 is 0 Å². The highest BCUT2D eigenvalue weighted by atomic mass is 19.1. The van der Waals surface area contributed by atoms with Crippen LogP contribution in [0.25, 0.3) is 0 Å². The number of halogens is 1. The van der Waals surface area contributed by atoms with Gasteiger partial charge in [0.15, 0.2) is 5.96 Å². The number of hydrogen-bond donors (Lipinski definition) is 6. The van der Waals surface area contributed by atoms with Crippen LogP contribution >= 0.6 is 0 Å². The fourth-order valence-electron chi connectivity index (χ4n) is 4.78. The average molecular weight is 412 g/mol. The first-order valence-electron chi connectivity index (χ1n) is 10.9. The van der Waals surface area contributed by atoms with Gasteiger partial charge in [0, 0.05) is 24.4 Å². The molecule has 164 valence electrons. The molecule has 4 aliphatic rings. The highest BCUT2D eigenvalue weighted by Crippen LogP contribution is 2.31. The lowest BCUT2D eigenvalue weighted by Gasteiger charge is -2.31. The van der Waals surface area contributed by atoms with Crippen LogP contribution < -0.4 is 32.4 Å². The maximum atomic E-state index is 13.7. The number of guanidine groups is 1. The number of carbonyl (C=O) groups excluding carboxylic acids is 1. The third-order valence-corrected chi connectivity index (χ3v) is 6.48. The van der Waals surface area contributed by atoms with Gasteiger partial charge in [-0.05, 0) is 44.4 Å². The van der Waals surface area contributed by atoms with Gasteiger partial charge in [0.05, 0.1) is 18.2 Å². The van der Waals surface area contributed by atoms with E-state index in [2.05, 4.69) is 51.3 Å². The van der Waals surface area contributed by atoms with E-state index in [0.717, 1.165) is 25.7 Å². The zero-order valence-corrected chi connectivity index (χ0v) is 17.2. The number of hydrogen-bond acceptors (Lipinski definition) is 7. The van der Waals surface area contributed by atoms with Crippen LogP contribution in [-0.4, -0.2) is 48.9 Å². The summed E-state index contributed by atoms with van der Waals surface area (Å²) in [6.07, 6.45) is 3.53. The Labute approximate surface area is 171 Å². The van der Waals surface area contributed by atoms with Crippen molar-refractivity contribution in [3.63, 3.8) is 0 Å². The van der Waals surface area contributed by atoms with Gasteiger partial charge in [0.2, 0.25) is 5.91 Å². The second-order valence-electron chi connectivity index (χ2n) is 9.22. The maximum absolute atomic E-state index is 13.7. The SMILES string of the molecule is CC(C)CN=C(NC(=O)C1CCC2NONC2C1)NC1NNC2CC(F)CCC21. The number of rotatable bonds is 4. The Morgan fingerprint density at radius 2 is 1.93 bits per heavy atom. The van der Waals surface area contributed by atoms with Crippen molar-refractivity contribution in [1.82, 2.24) is 32.4 Å². The Kier molecular flexibility index (Phi) is 6.65. The van der Waals surface area contributed by atoms with Gasteiger partial charge in [-0.1, -0.05) is 13.8 Å². The van der Waals surface area contributed by atoms with Gasteiger partial charge in [-0.25, -0.2) is 14.8 Å². The molecule has 10 heteroatoms. The molecule has 0 aromatic rings. The lowest BCUT2D eigenvalue weighted by atomic mass is 9.82. The molecule has 4 fully saturated rings. The van der Waals surface area contributed by atoms with E-state index in [0.29, 0.717) is 31.3 Å². The first-order chi connectivity index (χ1) is 14.0. The summed E-state index contributed by atoms with van der Waals surface area (Å²) in [5, 5.41) is 6.39. The monoisotopic (exact) mass is 411 g/mol. The fraction of sp³-hybridized carbons (Fsp3) is 0.895. The smallest absolute Gasteiger partial charge is 0.229 e. The van der Waals surface area contributed by atoms with Crippen molar-refractivity contribution in [3.05, 3.63) is 0 Å². The lowest BCUT2D eigenvalue weighted by Crippen LogP contribution is -2.54. The molecule has 0 spiro atoms. The Morgan fingerprint density at radius 1 is 1.10 bits per heavy atom. The molecule has 2 saturated heterocycles. The average Bonchev–Trinajstić information content (AvgIpc) is 3.32. The van der Waals surface area contributed by atoms with Crippen LogP contribution in [0.15, 0.2) is 4.99 Å². The standard InChI is InChI=1S/C19H34FN7O2/c1-10(2)9-21-19(22-17-13-5-4-12(20)8-15(13)24-25-17)23-18(28)11-3-6-14-16(7-11)27-29-26-14/h10-17,24-27H,3-9H2,1-2H3,(H2,21,22,23,28). The summed E-state index contributed by atoms with van der Waals surface area (Å²) in [4.78, 5) is 22.7. The van der Waals surface area contributed by atoms with E-state index in [4.69, 9.17) is 4.94 Å². The fourth-order valence-corrected chi connectivity index (χ4v) is 4.78. The van der Waals surface area contributed by atoms with E-state index in [-0.39, 0.29) is 42.0 Å². The second-order valence-corrected chi connectivity index (χ2v) is 9.22. The van der Waals surface area contributed by atoms with Crippen molar-refractivity contribution in [1.29, 1.82) is 0 Å². The number of nitrogens with one attached hydrogen (secondary N) is 6. The number of hydroxylamine groups is 2. The third-order valence-electron chi connectivity index (χ3n) is 6.48. The molecule has 2 heterocycles. The van der Waals surface area contributed by atoms with Gasteiger partial charge in [0.25, 0.3) is 0 Å². The molecule has 6 N–H and O–H groups in total. The van der Waals surface area contributed by atoms with Gasteiger partial charge in [0.1, 0.15) is 6.17 Å². The molecule has 9 nitrogen and oxygen atoms in total. The zero-order chi connectivity index (χ0) is 20.4. The Bertz CT molecular complexity index is 619. The summed E-state index contributed by atoms with van der Waals surface area (Å²) in [6.45, 7) is 4.81. The van der Waals surface area contributed by atoms with E-state index in [1.165, 1.54) is 0 Å². The van der Waals surface area contributed by atoms with E-state index in [1.54, 1.807) is 0 Å². The van der Waals surface area contributed by atoms with Gasteiger partial charge in [-0.3, -0.25) is 20.5 Å². The first kappa shape index (κ1) is 20.9. The molecule has 7 atom stereocenters. The van der Waals surface area contributed by atoms with Crippen LogP contribution in [0, 0.1) is 17.8 Å². The normalized spacial score (nSPS) is 39.9. The van der Waals surface area contributed by atoms with Crippen LogP contribution in [-0.2, 0) is 9.73 Å². The summed E-state index contributed by atoms with van der Waals surface area (Å²) < 4.78 is 13.7. The van der Waals surface area contributed by atoms with Crippen molar-refractivity contribution in [3.8, 4) is 0 Å². The summed E-state index contributed by atoms with van der Waals surface area (Å²) in [5.41, 5.74) is 12.3. The van der Waals surface area contributed by atoms with Crippen LogP contribution in [0.5, 0.6) is 0 Å². The molecular formula is C19H34FN7O2. The quantitative estimate of drug-likeness (QED) is 0.290. The number of aliphatic imine (C=N–C) groups is 1. The van der Waals surface area contributed by atoms with Crippen LogP contribution in [0.3, 0.4) is 0 Å². The Morgan fingerprint density at radius 3 is 2.76 bits per heavy atom. The molecule has 0 aromatic heterocycles. The van der Waals surface area contributed by atoms with Gasteiger partial charge >= 0.3 is 0 Å². The zero-order valence-electron chi connectivity index (χ0n) is 17.2. The molecular weight excluding hydrogens is 377 g/mol. The van der Waals surface area contributed by atoms with Crippen molar-refractivity contribution in [2.45, 2.75) is 82.8 Å². The summed E-state index contributed by atoms with van der Waals surface area (Å²) in [7, 11) is 0. The molecule has 0 bridgehead atoms. The van der Waals surface area contributed by atoms with E-state index < -0.39 is 6.17 Å². The predicted octanol–water partition coefficient (Wildman–Crippen LogP) is 0.222. The van der Waals surface area contributed by atoms with Crippen molar-refractivity contribution >= 4 is 11.9 Å². The summed E-state index contributed by atoms with van der Waals surface area (Å²) >= 11 is 0. The molecule has 2 saturated carbocycles. The number of carbonyl (C=O) groups is 1. The number of alkyl halides is 1. The third kappa shape index (κ3) is 5.05. The summed E-state index contributed by atoms with van der Waals surface area (Å²) in [6, 6.07) is 0.526.